The maximum atomic E-state index is 11.0. The lowest BCUT2D eigenvalue weighted by Crippen LogP contribution is -2.54. The Kier molecular flexibility index (Phi) is 2.88. The van der Waals surface area contributed by atoms with Gasteiger partial charge in [-0.2, -0.15) is 0 Å². The molecule has 4 nitrogen and oxygen atoms in total. The van der Waals surface area contributed by atoms with Gasteiger partial charge in [0.1, 0.15) is 5.15 Å². The number of nitrogens with two attached hydrogens (primary N) is 1. The Balaban J connectivity index is 2.00. The van der Waals surface area contributed by atoms with Gasteiger partial charge >= 0.3 is 0 Å². The molecular weight excluding hydrogens is 214 g/mol. The number of pyridine rings is 1. The number of hydrogen-bond donors (Lipinski definition) is 1. The first-order valence-corrected chi connectivity index (χ1v) is 5.19. The van der Waals surface area contributed by atoms with Crippen molar-refractivity contribution in [2.45, 2.75) is 19.0 Å². The first-order chi connectivity index (χ1) is 7.16. The quantitative estimate of drug-likeness (QED) is 0.774. The van der Waals surface area contributed by atoms with Crippen LogP contribution in [0.25, 0.3) is 0 Å². The lowest BCUT2D eigenvalue weighted by Gasteiger charge is -2.38. The second kappa shape index (κ2) is 4.16. The number of likely N-dealkylation sites (tertiary alicyclic amines) is 1. The predicted octanol–water partition coefficient (Wildman–Crippen LogP) is 0.795. The van der Waals surface area contributed by atoms with Crippen LogP contribution in [0.15, 0.2) is 18.2 Å². The third-order valence-electron chi connectivity index (χ3n) is 2.60. The molecule has 1 aromatic heterocycles. The van der Waals surface area contributed by atoms with E-state index in [0.717, 1.165) is 18.7 Å². The predicted molar refractivity (Wildman–Crippen MR) is 57.3 cm³/mol. The van der Waals surface area contributed by atoms with E-state index in [2.05, 4.69) is 4.98 Å². The van der Waals surface area contributed by atoms with E-state index in [1.807, 2.05) is 17.0 Å². The van der Waals surface area contributed by atoms with Gasteiger partial charge in [0, 0.05) is 13.1 Å². The van der Waals surface area contributed by atoms with Gasteiger partial charge in [-0.1, -0.05) is 17.7 Å². The zero-order valence-corrected chi connectivity index (χ0v) is 8.94. The minimum atomic E-state index is -0.261. The van der Waals surface area contributed by atoms with Gasteiger partial charge in [0.15, 0.2) is 0 Å². The van der Waals surface area contributed by atoms with Crippen LogP contribution in [-0.4, -0.2) is 28.4 Å². The van der Waals surface area contributed by atoms with Crippen LogP contribution in [0, 0.1) is 0 Å². The van der Waals surface area contributed by atoms with E-state index >= 15 is 0 Å². The maximum absolute atomic E-state index is 11.0. The first kappa shape index (κ1) is 10.4. The third kappa shape index (κ3) is 2.27. The molecule has 0 spiro atoms. The van der Waals surface area contributed by atoms with Crippen molar-refractivity contribution in [2.75, 3.05) is 6.54 Å². The van der Waals surface area contributed by atoms with Crippen LogP contribution in [-0.2, 0) is 11.3 Å². The minimum Gasteiger partial charge on any atom is -0.368 e. The Bertz CT molecular complexity index is 383. The number of carbonyl (C=O) groups excluding carboxylic acids is 1. The molecule has 2 heterocycles. The zero-order valence-electron chi connectivity index (χ0n) is 8.19. The van der Waals surface area contributed by atoms with E-state index in [0.29, 0.717) is 11.7 Å². The molecule has 1 unspecified atom stereocenters. The highest BCUT2D eigenvalue weighted by atomic mass is 35.5. The fraction of sp³-hybridized carbons (Fsp3) is 0.400. The van der Waals surface area contributed by atoms with Gasteiger partial charge in [0.25, 0.3) is 0 Å². The normalized spacial score (nSPS) is 21.0. The molecule has 1 fully saturated rings. The average Bonchev–Trinajstić information content (AvgIpc) is 2.11. The van der Waals surface area contributed by atoms with Crippen LogP contribution >= 0.6 is 11.6 Å². The van der Waals surface area contributed by atoms with Gasteiger partial charge in [-0.15, -0.1) is 0 Å². The van der Waals surface area contributed by atoms with Crippen molar-refractivity contribution < 1.29 is 4.79 Å². The molecule has 1 aliphatic heterocycles. The number of carbonyl (C=O) groups is 1. The molecule has 1 aromatic rings. The average molecular weight is 226 g/mol. The number of amides is 1. The SMILES string of the molecule is NC(=O)C1CCN1Cc1cccc(Cl)n1. The van der Waals surface area contributed by atoms with E-state index in [1.54, 1.807) is 6.07 Å². The van der Waals surface area contributed by atoms with Crippen LogP contribution in [0.3, 0.4) is 0 Å². The molecule has 0 radical (unpaired) electrons. The zero-order chi connectivity index (χ0) is 10.8. The lowest BCUT2D eigenvalue weighted by atomic mass is 10.0. The maximum Gasteiger partial charge on any atom is 0.234 e. The lowest BCUT2D eigenvalue weighted by molar-refractivity contribution is -0.127. The summed E-state index contributed by atoms with van der Waals surface area (Å²) >= 11 is 5.77. The molecule has 1 amide bonds. The van der Waals surface area contributed by atoms with Crippen molar-refractivity contribution >= 4 is 17.5 Å². The van der Waals surface area contributed by atoms with Gasteiger partial charge in [-0.3, -0.25) is 9.69 Å². The second-order valence-corrected chi connectivity index (χ2v) is 4.02. The summed E-state index contributed by atoms with van der Waals surface area (Å²) in [6.45, 7) is 1.52. The van der Waals surface area contributed by atoms with Gasteiger partial charge in [-0.05, 0) is 18.6 Å². The molecule has 2 N–H and O–H groups in total. The van der Waals surface area contributed by atoms with E-state index < -0.39 is 0 Å². The minimum absolute atomic E-state index is 0.134. The summed E-state index contributed by atoms with van der Waals surface area (Å²) < 4.78 is 0. The van der Waals surface area contributed by atoms with Crippen molar-refractivity contribution in [1.29, 1.82) is 0 Å². The molecule has 5 heteroatoms. The number of hydrogen-bond acceptors (Lipinski definition) is 3. The molecule has 1 aliphatic rings. The van der Waals surface area contributed by atoms with E-state index in [1.165, 1.54) is 0 Å². The van der Waals surface area contributed by atoms with Gasteiger partial charge in [0.05, 0.1) is 11.7 Å². The number of primary amides is 1. The summed E-state index contributed by atoms with van der Waals surface area (Å²) in [5.74, 6) is -0.261. The molecule has 1 atom stereocenters. The Hall–Kier alpha value is -1.13. The number of halogens is 1. The van der Waals surface area contributed by atoms with Crippen molar-refractivity contribution in [3.8, 4) is 0 Å². The van der Waals surface area contributed by atoms with Crippen LogP contribution < -0.4 is 5.73 Å². The Morgan fingerprint density at radius 2 is 2.47 bits per heavy atom. The summed E-state index contributed by atoms with van der Waals surface area (Å²) in [6.07, 6.45) is 0.843. The highest BCUT2D eigenvalue weighted by Crippen LogP contribution is 2.19. The molecule has 2 rings (SSSR count). The van der Waals surface area contributed by atoms with Gasteiger partial charge in [-0.25, -0.2) is 4.98 Å². The summed E-state index contributed by atoms with van der Waals surface area (Å²) in [6, 6.07) is 5.34. The monoisotopic (exact) mass is 225 g/mol. The standard InChI is InChI=1S/C10H12ClN3O/c11-9-3-1-2-7(13-9)6-14-5-4-8(14)10(12)15/h1-3,8H,4-6H2,(H2,12,15). The first-order valence-electron chi connectivity index (χ1n) is 4.81. The van der Waals surface area contributed by atoms with Crippen LogP contribution in [0.5, 0.6) is 0 Å². The largest absolute Gasteiger partial charge is 0.368 e. The van der Waals surface area contributed by atoms with E-state index in [9.17, 15) is 4.79 Å². The van der Waals surface area contributed by atoms with Gasteiger partial charge in [0.2, 0.25) is 5.91 Å². The molecule has 15 heavy (non-hydrogen) atoms. The molecule has 0 aromatic carbocycles. The Morgan fingerprint density at radius 3 is 3.00 bits per heavy atom. The molecule has 0 bridgehead atoms. The van der Waals surface area contributed by atoms with Gasteiger partial charge < -0.3 is 5.73 Å². The number of aromatic nitrogens is 1. The molecular formula is C10H12ClN3O. The third-order valence-corrected chi connectivity index (χ3v) is 2.81. The van der Waals surface area contributed by atoms with Crippen molar-refractivity contribution in [3.05, 3.63) is 29.0 Å². The van der Waals surface area contributed by atoms with Crippen LogP contribution in [0.4, 0.5) is 0 Å². The fourth-order valence-electron chi connectivity index (χ4n) is 1.70. The van der Waals surface area contributed by atoms with E-state index in [-0.39, 0.29) is 11.9 Å². The van der Waals surface area contributed by atoms with Crippen molar-refractivity contribution in [1.82, 2.24) is 9.88 Å². The second-order valence-electron chi connectivity index (χ2n) is 3.63. The fourth-order valence-corrected chi connectivity index (χ4v) is 1.88. The highest BCUT2D eigenvalue weighted by molar-refractivity contribution is 6.29. The highest BCUT2D eigenvalue weighted by Gasteiger charge is 2.32. The summed E-state index contributed by atoms with van der Waals surface area (Å²) in [5, 5.41) is 0.476. The smallest absolute Gasteiger partial charge is 0.234 e. The summed E-state index contributed by atoms with van der Waals surface area (Å²) in [7, 11) is 0. The van der Waals surface area contributed by atoms with Crippen LogP contribution in [0.2, 0.25) is 5.15 Å². The van der Waals surface area contributed by atoms with E-state index in [4.69, 9.17) is 17.3 Å². The topological polar surface area (TPSA) is 59.2 Å². The Labute approximate surface area is 93.0 Å². The molecule has 80 valence electrons. The Morgan fingerprint density at radius 1 is 1.67 bits per heavy atom. The van der Waals surface area contributed by atoms with Crippen molar-refractivity contribution in [2.24, 2.45) is 5.73 Å². The molecule has 0 saturated carbocycles. The summed E-state index contributed by atoms with van der Waals surface area (Å²) in [5.41, 5.74) is 6.11. The molecule has 1 saturated heterocycles. The number of rotatable bonds is 3. The summed E-state index contributed by atoms with van der Waals surface area (Å²) in [4.78, 5) is 17.1. The van der Waals surface area contributed by atoms with Crippen LogP contribution in [0.1, 0.15) is 12.1 Å². The van der Waals surface area contributed by atoms with Crippen molar-refractivity contribution in [3.63, 3.8) is 0 Å². The number of nitrogens with zero attached hydrogens (tertiary/aromatic N) is 2. The molecule has 0 aliphatic carbocycles.